The summed E-state index contributed by atoms with van der Waals surface area (Å²) in [7, 11) is 0. The SMILES string of the molecule is [C-]#[N+]c1ccc(N2CCC(Sc3ccc(C=O)cn3)CC2)c(F)c1. The maximum atomic E-state index is 14.1. The standard InChI is InChI=1S/C18H16FN3OS/c1-20-14-3-4-17(16(19)10-14)22-8-6-15(7-9-22)24-18-5-2-13(12-23)11-21-18/h2-5,10-12,15H,6-9H2. The quantitative estimate of drug-likeness (QED) is 0.612. The Kier molecular flexibility index (Phi) is 5.11. The number of piperidine rings is 1. The van der Waals surface area contributed by atoms with Gasteiger partial charge in [-0.25, -0.2) is 14.2 Å². The summed E-state index contributed by atoms with van der Waals surface area (Å²) in [5.41, 5.74) is 1.47. The van der Waals surface area contributed by atoms with E-state index in [1.165, 1.54) is 6.07 Å². The van der Waals surface area contributed by atoms with Crippen molar-refractivity contribution in [2.24, 2.45) is 0 Å². The molecule has 0 saturated carbocycles. The van der Waals surface area contributed by atoms with E-state index in [-0.39, 0.29) is 5.82 Å². The number of carbonyl (C=O) groups excluding carboxylic acids is 1. The van der Waals surface area contributed by atoms with Crippen LogP contribution in [0.25, 0.3) is 4.85 Å². The minimum atomic E-state index is -0.333. The predicted octanol–water partition coefficient (Wildman–Crippen LogP) is 4.35. The van der Waals surface area contributed by atoms with E-state index in [9.17, 15) is 9.18 Å². The van der Waals surface area contributed by atoms with E-state index in [2.05, 4.69) is 9.83 Å². The summed E-state index contributed by atoms with van der Waals surface area (Å²) in [6.07, 6.45) is 4.24. The second kappa shape index (κ2) is 7.45. The molecular weight excluding hydrogens is 325 g/mol. The monoisotopic (exact) mass is 341 g/mol. The highest BCUT2D eigenvalue weighted by molar-refractivity contribution is 7.99. The molecule has 2 heterocycles. The molecule has 2 aromatic rings. The molecule has 3 rings (SSSR count). The zero-order chi connectivity index (χ0) is 16.9. The molecule has 0 amide bonds. The fourth-order valence-corrected chi connectivity index (χ4v) is 3.79. The second-order valence-electron chi connectivity index (χ2n) is 5.60. The van der Waals surface area contributed by atoms with Crippen LogP contribution in [0.4, 0.5) is 15.8 Å². The Morgan fingerprint density at radius 3 is 2.67 bits per heavy atom. The lowest BCUT2D eigenvalue weighted by Gasteiger charge is -2.33. The Balaban J connectivity index is 1.59. The Morgan fingerprint density at radius 2 is 2.08 bits per heavy atom. The molecule has 1 aliphatic heterocycles. The van der Waals surface area contributed by atoms with Gasteiger partial charge in [-0.3, -0.25) is 4.79 Å². The predicted molar refractivity (Wildman–Crippen MR) is 93.4 cm³/mol. The average Bonchev–Trinajstić information content (AvgIpc) is 2.63. The lowest BCUT2D eigenvalue weighted by molar-refractivity contribution is 0.112. The van der Waals surface area contributed by atoms with Crippen molar-refractivity contribution in [1.82, 2.24) is 4.98 Å². The third-order valence-electron chi connectivity index (χ3n) is 4.03. The van der Waals surface area contributed by atoms with E-state index < -0.39 is 0 Å². The maximum absolute atomic E-state index is 14.1. The summed E-state index contributed by atoms with van der Waals surface area (Å²) in [5, 5.41) is 1.34. The van der Waals surface area contributed by atoms with Crippen molar-refractivity contribution in [3.05, 3.63) is 59.3 Å². The lowest BCUT2D eigenvalue weighted by atomic mass is 10.1. The highest BCUT2D eigenvalue weighted by atomic mass is 32.2. The van der Waals surface area contributed by atoms with Gasteiger partial charge in [0, 0.05) is 30.1 Å². The van der Waals surface area contributed by atoms with E-state index in [0.29, 0.717) is 22.2 Å². The number of hydrogen-bond donors (Lipinski definition) is 0. The number of halogens is 1. The van der Waals surface area contributed by atoms with Crippen molar-refractivity contribution in [3.8, 4) is 0 Å². The van der Waals surface area contributed by atoms with E-state index >= 15 is 0 Å². The van der Waals surface area contributed by atoms with E-state index in [1.54, 1.807) is 36.2 Å². The van der Waals surface area contributed by atoms with Crippen LogP contribution in [-0.2, 0) is 0 Å². The molecule has 4 nitrogen and oxygen atoms in total. The molecule has 0 spiro atoms. The first-order valence-electron chi connectivity index (χ1n) is 7.69. The van der Waals surface area contributed by atoms with Gasteiger partial charge in [0.2, 0.25) is 0 Å². The van der Waals surface area contributed by atoms with Crippen LogP contribution in [0.5, 0.6) is 0 Å². The fourth-order valence-electron chi connectivity index (χ4n) is 2.74. The van der Waals surface area contributed by atoms with Gasteiger partial charge in [0.25, 0.3) is 0 Å². The molecule has 1 saturated heterocycles. The highest BCUT2D eigenvalue weighted by Gasteiger charge is 2.22. The Bertz CT molecular complexity index is 765. The van der Waals surface area contributed by atoms with Gasteiger partial charge in [-0.2, -0.15) is 0 Å². The summed E-state index contributed by atoms with van der Waals surface area (Å²) < 4.78 is 14.1. The maximum Gasteiger partial charge on any atom is 0.190 e. The van der Waals surface area contributed by atoms with Gasteiger partial charge in [0.05, 0.1) is 17.3 Å². The van der Waals surface area contributed by atoms with Crippen molar-refractivity contribution < 1.29 is 9.18 Å². The molecule has 0 atom stereocenters. The number of aldehydes is 1. The smallest absolute Gasteiger partial charge is 0.190 e. The minimum Gasteiger partial charge on any atom is -0.369 e. The molecule has 0 aliphatic carbocycles. The molecule has 0 bridgehead atoms. The van der Waals surface area contributed by atoms with Crippen LogP contribution >= 0.6 is 11.8 Å². The zero-order valence-electron chi connectivity index (χ0n) is 13.0. The summed E-state index contributed by atoms with van der Waals surface area (Å²) in [4.78, 5) is 20.2. The number of thioether (sulfide) groups is 1. The van der Waals surface area contributed by atoms with Gasteiger partial charge in [-0.05, 0) is 37.1 Å². The summed E-state index contributed by atoms with van der Waals surface area (Å²) in [6, 6.07) is 8.28. The molecule has 1 fully saturated rings. The van der Waals surface area contributed by atoms with Crippen LogP contribution in [0.2, 0.25) is 0 Å². The Hall–Kier alpha value is -2.39. The van der Waals surface area contributed by atoms with Crippen LogP contribution < -0.4 is 4.90 Å². The topological polar surface area (TPSA) is 37.6 Å². The molecule has 0 unspecified atom stereocenters. The molecule has 1 aliphatic rings. The normalized spacial score (nSPS) is 15.1. The van der Waals surface area contributed by atoms with Crippen LogP contribution in [0.15, 0.2) is 41.6 Å². The molecule has 6 heteroatoms. The van der Waals surface area contributed by atoms with Crippen LogP contribution in [0, 0.1) is 12.4 Å². The zero-order valence-corrected chi connectivity index (χ0v) is 13.8. The minimum absolute atomic E-state index is 0.325. The largest absolute Gasteiger partial charge is 0.369 e. The van der Waals surface area contributed by atoms with Crippen molar-refractivity contribution in [1.29, 1.82) is 0 Å². The first-order valence-corrected chi connectivity index (χ1v) is 8.57. The third kappa shape index (κ3) is 3.74. The summed E-state index contributed by atoms with van der Waals surface area (Å²) >= 11 is 1.70. The number of benzene rings is 1. The molecular formula is C18H16FN3OS. The Morgan fingerprint density at radius 1 is 1.29 bits per heavy atom. The average molecular weight is 341 g/mol. The summed E-state index contributed by atoms with van der Waals surface area (Å²) in [5.74, 6) is -0.333. The number of hydrogen-bond acceptors (Lipinski definition) is 4. The van der Waals surface area contributed by atoms with Gasteiger partial charge in [-0.1, -0.05) is 6.07 Å². The molecule has 1 aromatic heterocycles. The van der Waals surface area contributed by atoms with Crippen molar-refractivity contribution >= 4 is 29.4 Å². The van der Waals surface area contributed by atoms with Gasteiger partial charge in [0.15, 0.2) is 12.0 Å². The number of rotatable bonds is 4. The molecule has 0 radical (unpaired) electrons. The number of nitrogens with zero attached hydrogens (tertiary/aromatic N) is 3. The lowest BCUT2D eigenvalue weighted by Crippen LogP contribution is -2.35. The third-order valence-corrected chi connectivity index (χ3v) is 5.31. The molecule has 0 N–H and O–H groups in total. The first-order chi connectivity index (χ1) is 11.7. The van der Waals surface area contributed by atoms with Crippen molar-refractivity contribution in [2.75, 3.05) is 18.0 Å². The van der Waals surface area contributed by atoms with Crippen molar-refractivity contribution in [3.63, 3.8) is 0 Å². The van der Waals surface area contributed by atoms with Crippen LogP contribution in [0.1, 0.15) is 23.2 Å². The number of pyridine rings is 1. The summed E-state index contributed by atoms with van der Waals surface area (Å²) in [6.45, 7) is 8.48. The Labute approximate surface area is 144 Å². The van der Waals surface area contributed by atoms with Gasteiger partial charge >= 0.3 is 0 Å². The van der Waals surface area contributed by atoms with Crippen molar-refractivity contribution in [2.45, 2.75) is 23.1 Å². The van der Waals surface area contributed by atoms with E-state index in [0.717, 1.165) is 37.2 Å². The van der Waals surface area contributed by atoms with E-state index in [1.807, 2.05) is 11.0 Å². The first kappa shape index (κ1) is 16.5. The van der Waals surface area contributed by atoms with Crippen LogP contribution in [0.3, 0.4) is 0 Å². The van der Waals surface area contributed by atoms with Gasteiger partial charge < -0.3 is 4.90 Å². The molecule has 24 heavy (non-hydrogen) atoms. The van der Waals surface area contributed by atoms with Gasteiger partial charge in [-0.15, -0.1) is 11.8 Å². The fraction of sp³-hybridized carbons (Fsp3) is 0.278. The molecule has 1 aromatic carbocycles. The highest BCUT2D eigenvalue weighted by Crippen LogP contribution is 2.32. The van der Waals surface area contributed by atoms with Crippen LogP contribution in [-0.4, -0.2) is 29.6 Å². The number of aromatic nitrogens is 1. The number of carbonyl (C=O) groups is 1. The number of anilines is 1. The second-order valence-corrected chi connectivity index (χ2v) is 6.92. The van der Waals surface area contributed by atoms with E-state index in [4.69, 9.17) is 6.57 Å². The molecule has 122 valence electrons. The van der Waals surface area contributed by atoms with Gasteiger partial charge in [0.1, 0.15) is 5.82 Å².